The van der Waals surface area contributed by atoms with E-state index in [4.69, 9.17) is 13.6 Å². The van der Waals surface area contributed by atoms with Crippen LogP contribution in [0.5, 0.6) is 5.75 Å². The molecule has 1 atom stereocenters. The topological polar surface area (TPSA) is 86.1 Å². The molecule has 0 saturated carbocycles. The molecule has 1 amide bonds. The van der Waals surface area contributed by atoms with Crippen molar-refractivity contribution in [2.75, 3.05) is 13.2 Å². The van der Waals surface area contributed by atoms with Crippen LogP contribution in [0.4, 0.5) is 0 Å². The highest BCUT2D eigenvalue weighted by molar-refractivity contribution is 5.77. The second-order valence-corrected chi connectivity index (χ2v) is 7.09. The number of carbonyl (C=O) groups excluding carboxylic acids is 1. The summed E-state index contributed by atoms with van der Waals surface area (Å²) >= 11 is 0. The number of rotatable bonds is 7. The average molecular weight is 395 g/mol. The van der Waals surface area contributed by atoms with Gasteiger partial charge in [-0.25, -0.2) is 0 Å². The first-order chi connectivity index (χ1) is 14.2. The van der Waals surface area contributed by atoms with E-state index in [0.29, 0.717) is 18.1 Å². The molecule has 7 heteroatoms. The highest BCUT2D eigenvalue weighted by Gasteiger charge is 2.20. The zero-order valence-electron chi connectivity index (χ0n) is 16.0. The van der Waals surface area contributed by atoms with E-state index in [-0.39, 0.29) is 30.2 Å². The Labute approximate surface area is 167 Å². The summed E-state index contributed by atoms with van der Waals surface area (Å²) < 4.78 is 16.0. The van der Waals surface area contributed by atoms with Crippen molar-refractivity contribution in [1.29, 1.82) is 0 Å². The van der Waals surface area contributed by atoms with Crippen LogP contribution < -0.4 is 20.4 Å². The van der Waals surface area contributed by atoms with Crippen LogP contribution in [0.2, 0.25) is 0 Å². The lowest BCUT2D eigenvalue weighted by molar-refractivity contribution is -0.930. The van der Waals surface area contributed by atoms with Gasteiger partial charge in [-0.1, -0.05) is 24.3 Å². The average Bonchev–Trinajstić information content (AvgIpc) is 3.25. The standard InChI is InChI=1S/C22H22N2O5/c25-20-10-19(13-24-8-7-16-4-1-2-5-17(16)12-24)28-14-21(20)29-15-22(26)23-11-18-6-3-9-27-18/h1-6,9-10,14H,7-8,11-13,15H2,(H,23,26)/p+1. The molecular formula is C22H23N2O5+. The van der Waals surface area contributed by atoms with Crippen molar-refractivity contribution >= 4 is 5.91 Å². The Balaban J connectivity index is 1.29. The zero-order valence-corrected chi connectivity index (χ0v) is 16.0. The molecule has 3 aromatic rings. The molecule has 0 bridgehead atoms. The normalized spacial score (nSPS) is 15.5. The van der Waals surface area contributed by atoms with Crippen LogP contribution in [-0.4, -0.2) is 19.1 Å². The zero-order chi connectivity index (χ0) is 20.1. The van der Waals surface area contributed by atoms with Crippen LogP contribution in [0.3, 0.4) is 0 Å². The van der Waals surface area contributed by atoms with Gasteiger partial charge in [-0.2, -0.15) is 0 Å². The lowest BCUT2D eigenvalue weighted by atomic mass is 10.00. The van der Waals surface area contributed by atoms with Crippen molar-refractivity contribution in [2.24, 2.45) is 0 Å². The van der Waals surface area contributed by atoms with E-state index in [0.717, 1.165) is 19.5 Å². The van der Waals surface area contributed by atoms with Crippen LogP contribution in [0.1, 0.15) is 22.6 Å². The number of carbonyl (C=O) groups is 1. The van der Waals surface area contributed by atoms with Crippen LogP contribution in [0.15, 0.2) is 68.6 Å². The van der Waals surface area contributed by atoms with Gasteiger partial charge in [-0.15, -0.1) is 0 Å². The number of nitrogens with one attached hydrogen (secondary N) is 2. The van der Waals surface area contributed by atoms with E-state index in [9.17, 15) is 9.59 Å². The van der Waals surface area contributed by atoms with E-state index >= 15 is 0 Å². The minimum absolute atomic E-state index is 0.0286. The third-order valence-corrected chi connectivity index (χ3v) is 4.98. The Bertz CT molecular complexity index is 1030. The predicted molar refractivity (Wildman–Crippen MR) is 104 cm³/mol. The number of hydrogen-bond donors (Lipinski definition) is 2. The molecule has 2 aromatic heterocycles. The summed E-state index contributed by atoms with van der Waals surface area (Å²) in [6.45, 7) is 2.54. The summed E-state index contributed by atoms with van der Waals surface area (Å²) in [6, 6.07) is 13.4. The van der Waals surface area contributed by atoms with Crippen molar-refractivity contribution in [2.45, 2.75) is 26.1 Å². The Morgan fingerprint density at radius 2 is 1.97 bits per heavy atom. The fraction of sp³-hybridized carbons (Fsp3) is 0.273. The summed E-state index contributed by atoms with van der Waals surface area (Å²) in [6.07, 6.45) is 3.84. The van der Waals surface area contributed by atoms with E-state index in [1.165, 1.54) is 34.6 Å². The van der Waals surface area contributed by atoms with Gasteiger partial charge in [0.1, 0.15) is 25.1 Å². The van der Waals surface area contributed by atoms with E-state index in [1.807, 2.05) is 0 Å². The third kappa shape index (κ3) is 4.94. The molecule has 29 heavy (non-hydrogen) atoms. The third-order valence-electron chi connectivity index (χ3n) is 4.98. The number of furan rings is 1. The number of fused-ring (bicyclic) bond motifs is 1. The van der Waals surface area contributed by atoms with Gasteiger partial charge in [0.25, 0.3) is 5.91 Å². The van der Waals surface area contributed by atoms with Crippen LogP contribution in [0.25, 0.3) is 0 Å². The predicted octanol–water partition coefficient (Wildman–Crippen LogP) is 1.07. The molecule has 2 N–H and O–H groups in total. The van der Waals surface area contributed by atoms with Crippen molar-refractivity contribution < 1.29 is 23.3 Å². The minimum atomic E-state index is -0.346. The maximum atomic E-state index is 12.3. The molecule has 1 aliphatic heterocycles. The van der Waals surface area contributed by atoms with Crippen LogP contribution in [0, 0.1) is 0 Å². The maximum absolute atomic E-state index is 12.3. The first-order valence-corrected chi connectivity index (χ1v) is 9.61. The Morgan fingerprint density at radius 1 is 1.10 bits per heavy atom. The molecule has 1 unspecified atom stereocenters. The number of hydrogen-bond acceptors (Lipinski definition) is 5. The summed E-state index contributed by atoms with van der Waals surface area (Å²) in [5.74, 6) is 0.936. The monoisotopic (exact) mass is 395 g/mol. The Kier molecular flexibility index (Phi) is 5.76. The number of quaternary nitrogens is 1. The van der Waals surface area contributed by atoms with Crippen LogP contribution in [-0.2, 0) is 30.8 Å². The molecule has 7 nitrogen and oxygen atoms in total. The number of benzene rings is 1. The second-order valence-electron chi connectivity index (χ2n) is 7.09. The Hall–Kier alpha value is -3.32. The molecule has 1 aliphatic rings. The molecule has 0 saturated heterocycles. The summed E-state index contributed by atoms with van der Waals surface area (Å²) in [5.41, 5.74) is 2.45. The summed E-state index contributed by atoms with van der Waals surface area (Å²) in [5, 5.41) is 2.65. The largest absolute Gasteiger partial charge is 0.477 e. The van der Waals surface area contributed by atoms with Gasteiger partial charge in [-0.05, 0) is 17.7 Å². The molecule has 3 heterocycles. The fourth-order valence-electron chi connectivity index (χ4n) is 3.47. The molecule has 0 radical (unpaired) electrons. The lowest BCUT2D eigenvalue weighted by Gasteiger charge is -2.25. The van der Waals surface area contributed by atoms with Gasteiger partial charge in [0.2, 0.25) is 11.2 Å². The molecule has 0 fully saturated rings. The molecule has 1 aromatic carbocycles. The Morgan fingerprint density at radius 3 is 2.76 bits per heavy atom. The van der Waals surface area contributed by atoms with Crippen molar-refractivity contribution in [1.82, 2.24) is 5.32 Å². The van der Waals surface area contributed by atoms with Gasteiger partial charge < -0.3 is 23.8 Å². The highest BCUT2D eigenvalue weighted by atomic mass is 16.5. The first kappa shape index (κ1) is 19.0. The minimum Gasteiger partial charge on any atom is -0.477 e. The summed E-state index contributed by atoms with van der Waals surface area (Å²) in [7, 11) is 0. The van der Waals surface area contributed by atoms with Crippen LogP contribution >= 0.6 is 0 Å². The quantitative estimate of drug-likeness (QED) is 0.625. The smallest absolute Gasteiger partial charge is 0.258 e. The molecule has 150 valence electrons. The lowest BCUT2D eigenvalue weighted by Crippen LogP contribution is -3.10. The van der Waals surface area contributed by atoms with Gasteiger partial charge in [0, 0.05) is 18.1 Å². The first-order valence-electron chi connectivity index (χ1n) is 9.61. The molecule has 0 aliphatic carbocycles. The number of ether oxygens (including phenoxy) is 1. The molecule has 0 spiro atoms. The molecule has 4 rings (SSSR count). The van der Waals surface area contributed by atoms with Gasteiger partial charge in [0.05, 0.1) is 19.4 Å². The SMILES string of the molecule is O=C(COc1coc(C[NH+]2CCc3ccccc3C2)cc1=O)NCc1ccco1. The van der Waals surface area contributed by atoms with Crippen molar-refractivity contribution in [3.63, 3.8) is 0 Å². The number of amides is 1. The second kappa shape index (κ2) is 8.79. The van der Waals surface area contributed by atoms with E-state index < -0.39 is 0 Å². The van der Waals surface area contributed by atoms with Gasteiger partial charge >= 0.3 is 0 Å². The summed E-state index contributed by atoms with van der Waals surface area (Å²) in [4.78, 5) is 25.5. The molecular weight excluding hydrogens is 372 g/mol. The van der Waals surface area contributed by atoms with Crippen molar-refractivity contribution in [3.8, 4) is 5.75 Å². The van der Waals surface area contributed by atoms with Gasteiger partial charge in [0.15, 0.2) is 12.4 Å². The van der Waals surface area contributed by atoms with E-state index in [1.54, 1.807) is 12.1 Å². The van der Waals surface area contributed by atoms with E-state index in [2.05, 4.69) is 29.6 Å². The fourth-order valence-corrected chi connectivity index (χ4v) is 3.47. The highest BCUT2D eigenvalue weighted by Crippen LogP contribution is 2.11. The van der Waals surface area contributed by atoms with Crippen molar-refractivity contribution in [3.05, 3.63) is 87.9 Å². The van der Waals surface area contributed by atoms with Gasteiger partial charge in [-0.3, -0.25) is 9.59 Å². The maximum Gasteiger partial charge on any atom is 0.258 e.